The largest absolute Gasteiger partial charge is 0.369 e. The lowest BCUT2D eigenvalue weighted by atomic mass is 10.1. The summed E-state index contributed by atoms with van der Waals surface area (Å²) in [6.45, 7) is 2.01. The van der Waals surface area contributed by atoms with Gasteiger partial charge in [0.15, 0.2) is 9.84 Å². The van der Waals surface area contributed by atoms with Crippen LogP contribution in [0, 0.1) is 5.92 Å². The summed E-state index contributed by atoms with van der Waals surface area (Å²) in [5, 5.41) is 2.87. The van der Waals surface area contributed by atoms with Crippen molar-refractivity contribution < 1.29 is 13.2 Å². The van der Waals surface area contributed by atoms with E-state index in [1.54, 1.807) is 0 Å². The topological polar surface area (TPSA) is 66.5 Å². The van der Waals surface area contributed by atoms with Crippen molar-refractivity contribution >= 4 is 21.4 Å². The Hall–Kier alpha value is -1.56. The number of nitrogens with zero attached hydrogens (tertiary/aromatic N) is 1. The molecule has 5 nitrogen and oxygen atoms in total. The van der Waals surface area contributed by atoms with Gasteiger partial charge in [0.05, 0.1) is 17.1 Å². The number of carbonyl (C=O) groups excluding carboxylic acids is 1. The highest BCUT2D eigenvalue weighted by molar-refractivity contribution is 7.91. The molecule has 2 heterocycles. The molecule has 1 aromatic rings. The normalized spacial score (nSPS) is 24.9. The van der Waals surface area contributed by atoms with Crippen molar-refractivity contribution in [2.75, 3.05) is 36.0 Å². The van der Waals surface area contributed by atoms with Crippen LogP contribution in [-0.4, -0.2) is 45.5 Å². The highest BCUT2D eigenvalue weighted by Gasteiger charge is 2.30. The van der Waals surface area contributed by atoms with E-state index in [1.807, 2.05) is 24.3 Å². The highest BCUT2D eigenvalue weighted by Crippen LogP contribution is 2.26. The number of fused-ring (bicyclic) bond motifs is 1. The quantitative estimate of drug-likeness (QED) is 0.870. The van der Waals surface area contributed by atoms with Crippen LogP contribution in [0.15, 0.2) is 24.3 Å². The van der Waals surface area contributed by atoms with E-state index < -0.39 is 9.84 Å². The second-order valence-corrected chi connectivity index (χ2v) is 7.72. The summed E-state index contributed by atoms with van der Waals surface area (Å²) in [6, 6.07) is 7.51. The first kappa shape index (κ1) is 13.4. The molecule has 1 unspecified atom stereocenters. The minimum absolute atomic E-state index is 0.0536. The number of hydrogen-bond acceptors (Lipinski definition) is 4. The molecule has 1 amide bonds. The van der Waals surface area contributed by atoms with Gasteiger partial charge in [-0.15, -0.1) is 0 Å². The Morgan fingerprint density at radius 3 is 2.85 bits per heavy atom. The zero-order valence-electron chi connectivity index (χ0n) is 11.2. The first-order chi connectivity index (χ1) is 9.55. The summed E-state index contributed by atoms with van der Waals surface area (Å²) in [4.78, 5) is 14.1. The minimum atomic E-state index is -2.85. The molecule has 0 spiro atoms. The Morgan fingerprint density at radius 1 is 1.30 bits per heavy atom. The molecule has 20 heavy (non-hydrogen) atoms. The lowest BCUT2D eigenvalue weighted by Crippen LogP contribution is -2.34. The maximum atomic E-state index is 12.0. The molecule has 0 bridgehead atoms. The van der Waals surface area contributed by atoms with Gasteiger partial charge in [-0.25, -0.2) is 8.42 Å². The molecule has 6 heteroatoms. The van der Waals surface area contributed by atoms with Crippen LogP contribution in [0.25, 0.3) is 0 Å². The third kappa shape index (κ3) is 2.65. The number of amides is 1. The molecule has 0 aliphatic carbocycles. The van der Waals surface area contributed by atoms with Gasteiger partial charge in [-0.05, 0) is 24.5 Å². The number of rotatable bonds is 2. The molecule has 1 atom stereocenters. The van der Waals surface area contributed by atoms with Gasteiger partial charge < -0.3 is 10.2 Å². The summed E-state index contributed by atoms with van der Waals surface area (Å²) < 4.78 is 23.1. The predicted octanol–water partition coefficient (Wildman–Crippen LogP) is 0.671. The van der Waals surface area contributed by atoms with Gasteiger partial charge in [0.25, 0.3) is 5.91 Å². The Labute approximate surface area is 118 Å². The van der Waals surface area contributed by atoms with Gasteiger partial charge >= 0.3 is 0 Å². The fourth-order valence-corrected chi connectivity index (χ4v) is 4.83. The van der Waals surface area contributed by atoms with Gasteiger partial charge in [0, 0.05) is 25.3 Å². The monoisotopic (exact) mass is 294 g/mol. The maximum absolute atomic E-state index is 12.0. The van der Waals surface area contributed by atoms with Gasteiger partial charge in [-0.2, -0.15) is 0 Å². The molecule has 0 saturated carbocycles. The van der Waals surface area contributed by atoms with Crippen molar-refractivity contribution in [3.63, 3.8) is 0 Å². The number of para-hydroxylation sites is 1. The molecule has 1 N–H and O–H groups in total. The summed E-state index contributed by atoms with van der Waals surface area (Å²) in [5.74, 6) is 0.681. The number of benzene rings is 1. The molecule has 1 fully saturated rings. The van der Waals surface area contributed by atoms with Crippen LogP contribution in [0.2, 0.25) is 0 Å². The molecular formula is C14H18N2O3S. The molecule has 1 aromatic carbocycles. The zero-order chi connectivity index (χ0) is 14.2. The standard InChI is InChI=1S/C14H18N2O3S/c17-14-12-3-1-2-4-13(12)16(7-6-15-14)9-11-5-8-20(18,19)10-11/h1-4,11H,5-10H2,(H,15,17). The predicted molar refractivity (Wildman–Crippen MR) is 77.7 cm³/mol. The van der Waals surface area contributed by atoms with E-state index >= 15 is 0 Å². The molecule has 2 aliphatic heterocycles. The van der Waals surface area contributed by atoms with Crippen LogP contribution in [0.4, 0.5) is 5.69 Å². The summed E-state index contributed by atoms with van der Waals surface area (Å²) in [6.07, 6.45) is 0.725. The van der Waals surface area contributed by atoms with Crippen LogP contribution in [0.1, 0.15) is 16.8 Å². The van der Waals surface area contributed by atoms with Crippen LogP contribution in [0.5, 0.6) is 0 Å². The Bertz CT molecular complexity index is 627. The van der Waals surface area contributed by atoms with Crippen molar-refractivity contribution in [3.8, 4) is 0 Å². The van der Waals surface area contributed by atoms with Crippen molar-refractivity contribution in [2.24, 2.45) is 5.92 Å². The summed E-state index contributed by atoms with van der Waals surface area (Å²) >= 11 is 0. The van der Waals surface area contributed by atoms with Crippen LogP contribution < -0.4 is 10.2 Å². The second-order valence-electron chi connectivity index (χ2n) is 5.49. The maximum Gasteiger partial charge on any atom is 0.253 e. The Morgan fingerprint density at radius 2 is 2.10 bits per heavy atom. The first-order valence-corrected chi connectivity index (χ1v) is 8.70. The molecule has 108 valence electrons. The van der Waals surface area contributed by atoms with Crippen LogP contribution >= 0.6 is 0 Å². The molecule has 2 aliphatic rings. The van der Waals surface area contributed by atoms with E-state index in [2.05, 4.69) is 10.2 Å². The van der Waals surface area contributed by atoms with E-state index in [0.717, 1.165) is 18.7 Å². The van der Waals surface area contributed by atoms with Crippen molar-refractivity contribution in [3.05, 3.63) is 29.8 Å². The lowest BCUT2D eigenvalue weighted by Gasteiger charge is -2.26. The molecule has 0 aromatic heterocycles. The minimum Gasteiger partial charge on any atom is -0.369 e. The lowest BCUT2D eigenvalue weighted by molar-refractivity contribution is 0.0958. The number of sulfone groups is 1. The van der Waals surface area contributed by atoms with Gasteiger partial charge in [0.1, 0.15) is 0 Å². The third-order valence-corrected chi connectivity index (χ3v) is 5.80. The van der Waals surface area contributed by atoms with E-state index in [4.69, 9.17) is 0 Å². The van der Waals surface area contributed by atoms with Crippen LogP contribution in [-0.2, 0) is 9.84 Å². The van der Waals surface area contributed by atoms with Gasteiger partial charge in [-0.1, -0.05) is 12.1 Å². The smallest absolute Gasteiger partial charge is 0.253 e. The first-order valence-electron chi connectivity index (χ1n) is 6.88. The fourth-order valence-electron chi connectivity index (χ4n) is 2.98. The van der Waals surface area contributed by atoms with Crippen LogP contribution in [0.3, 0.4) is 0 Å². The van der Waals surface area contributed by atoms with E-state index in [9.17, 15) is 13.2 Å². The fraction of sp³-hybridized carbons (Fsp3) is 0.500. The number of anilines is 1. The summed E-state index contributed by atoms with van der Waals surface area (Å²) in [7, 11) is -2.85. The molecular weight excluding hydrogens is 276 g/mol. The average Bonchev–Trinajstić information content (AvgIpc) is 2.68. The van der Waals surface area contributed by atoms with E-state index in [-0.39, 0.29) is 17.6 Å². The SMILES string of the molecule is O=C1NCCN(CC2CCS(=O)(=O)C2)c2ccccc21. The second kappa shape index (κ2) is 5.09. The van der Waals surface area contributed by atoms with Gasteiger partial charge in [0.2, 0.25) is 0 Å². The Kier molecular flexibility index (Phi) is 3.41. The average molecular weight is 294 g/mol. The zero-order valence-corrected chi connectivity index (χ0v) is 12.0. The van der Waals surface area contributed by atoms with E-state index in [0.29, 0.717) is 24.4 Å². The van der Waals surface area contributed by atoms with E-state index in [1.165, 1.54) is 0 Å². The Balaban J connectivity index is 1.83. The molecule has 1 saturated heterocycles. The van der Waals surface area contributed by atoms with Crippen molar-refractivity contribution in [1.82, 2.24) is 5.32 Å². The molecule has 3 rings (SSSR count). The highest BCUT2D eigenvalue weighted by atomic mass is 32.2. The molecule has 0 radical (unpaired) electrons. The number of carbonyl (C=O) groups is 1. The number of hydrogen-bond donors (Lipinski definition) is 1. The number of nitrogens with one attached hydrogen (secondary N) is 1. The summed E-state index contributed by atoms with van der Waals surface area (Å²) in [5.41, 5.74) is 1.58. The van der Waals surface area contributed by atoms with Gasteiger partial charge in [-0.3, -0.25) is 4.79 Å². The van der Waals surface area contributed by atoms with Crippen molar-refractivity contribution in [1.29, 1.82) is 0 Å². The van der Waals surface area contributed by atoms with Crippen molar-refractivity contribution in [2.45, 2.75) is 6.42 Å². The third-order valence-electron chi connectivity index (χ3n) is 3.96.